The van der Waals surface area contributed by atoms with Gasteiger partial charge < -0.3 is 14.7 Å². The van der Waals surface area contributed by atoms with Gasteiger partial charge in [-0.3, -0.25) is 9.59 Å². The molecule has 0 radical (unpaired) electrons. The maximum absolute atomic E-state index is 11.5. The third kappa shape index (κ3) is 2.45. The first kappa shape index (κ1) is 12.4. The van der Waals surface area contributed by atoms with Crippen LogP contribution in [0.1, 0.15) is 24.3 Å². The lowest BCUT2D eigenvalue weighted by Crippen LogP contribution is -2.22. The van der Waals surface area contributed by atoms with Gasteiger partial charge in [-0.05, 0) is 11.6 Å². The van der Waals surface area contributed by atoms with Crippen LogP contribution in [0.5, 0.6) is 5.75 Å². The van der Waals surface area contributed by atoms with Gasteiger partial charge in [-0.15, -0.1) is 0 Å². The van der Waals surface area contributed by atoms with Gasteiger partial charge in [0.05, 0.1) is 12.8 Å². The fourth-order valence-corrected chi connectivity index (χ4v) is 2.10. The number of carboxylic acids is 1. The molecular weight excluding hydrogens is 234 g/mol. The van der Waals surface area contributed by atoms with Crippen molar-refractivity contribution in [3.05, 3.63) is 23.8 Å². The highest BCUT2D eigenvalue weighted by Gasteiger charge is 2.29. The van der Waals surface area contributed by atoms with Crippen LogP contribution in [0.2, 0.25) is 0 Å². The van der Waals surface area contributed by atoms with E-state index < -0.39 is 5.97 Å². The van der Waals surface area contributed by atoms with Crippen LogP contribution in [-0.2, 0) is 9.59 Å². The predicted molar refractivity (Wildman–Crippen MR) is 66.0 cm³/mol. The number of benzene rings is 1. The Labute approximate surface area is 105 Å². The quantitative estimate of drug-likeness (QED) is 0.651. The molecule has 0 amide bonds. The first-order chi connectivity index (χ1) is 8.47. The van der Waals surface area contributed by atoms with E-state index in [-0.39, 0.29) is 24.7 Å². The molecule has 1 aliphatic heterocycles. The molecule has 1 aliphatic rings. The van der Waals surface area contributed by atoms with Crippen LogP contribution in [0.15, 0.2) is 18.2 Å². The Bertz CT molecular complexity index is 496. The second-order valence-corrected chi connectivity index (χ2v) is 4.59. The molecule has 0 spiro atoms. The van der Waals surface area contributed by atoms with Gasteiger partial charge in [0, 0.05) is 31.8 Å². The molecule has 0 bridgehead atoms. The number of nitrogens with zero attached hydrogens (tertiary/aromatic N) is 1. The third-order valence-corrected chi connectivity index (χ3v) is 3.01. The molecule has 18 heavy (non-hydrogen) atoms. The van der Waals surface area contributed by atoms with Crippen molar-refractivity contribution in [3.63, 3.8) is 0 Å². The number of hydrogen-bond acceptors (Lipinski definition) is 4. The number of ether oxygens (including phenoxy) is 1. The Hall–Kier alpha value is -2.04. The van der Waals surface area contributed by atoms with Crippen molar-refractivity contribution in [1.29, 1.82) is 0 Å². The number of anilines is 1. The number of aliphatic carboxylic acids is 1. The standard InChI is InChI=1S/C13H15NO4/c1-14(2)9-3-4-10-8(5-12(15)16)6-13(17)18-11(10)7-9/h3-4,7-8H,5-6H2,1-2H3,(H,15,16). The van der Waals surface area contributed by atoms with Crippen LogP contribution < -0.4 is 9.64 Å². The monoisotopic (exact) mass is 249 g/mol. The van der Waals surface area contributed by atoms with E-state index in [0.29, 0.717) is 5.75 Å². The molecule has 0 aromatic heterocycles. The Morgan fingerprint density at radius 3 is 2.83 bits per heavy atom. The van der Waals surface area contributed by atoms with E-state index in [0.717, 1.165) is 11.3 Å². The number of rotatable bonds is 3. The second kappa shape index (κ2) is 4.68. The largest absolute Gasteiger partial charge is 0.481 e. The molecule has 2 rings (SSSR count). The molecule has 5 nitrogen and oxygen atoms in total. The van der Waals surface area contributed by atoms with Crippen molar-refractivity contribution < 1.29 is 19.4 Å². The first-order valence-electron chi connectivity index (χ1n) is 5.71. The Balaban J connectivity index is 2.37. The summed E-state index contributed by atoms with van der Waals surface area (Å²) in [6.07, 6.45) is 0.0734. The zero-order chi connectivity index (χ0) is 13.3. The van der Waals surface area contributed by atoms with Crippen LogP contribution in [0, 0.1) is 0 Å². The molecule has 1 heterocycles. The molecule has 1 aromatic carbocycles. The molecule has 0 saturated heterocycles. The van der Waals surface area contributed by atoms with Crippen molar-refractivity contribution >= 4 is 17.6 Å². The minimum absolute atomic E-state index is 0.0522. The summed E-state index contributed by atoms with van der Waals surface area (Å²) in [5, 5.41) is 8.86. The molecule has 0 fully saturated rings. The fourth-order valence-electron chi connectivity index (χ4n) is 2.10. The van der Waals surface area contributed by atoms with Gasteiger partial charge in [0.1, 0.15) is 5.75 Å². The van der Waals surface area contributed by atoms with Gasteiger partial charge >= 0.3 is 11.9 Å². The summed E-state index contributed by atoms with van der Waals surface area (Å²) >= 11 is 0. The molecule has 96 valence electrons. The highest BCUT2D eigenvalue weighted by Crippen LogP contribution is 2.38. The summed E-state index contributed by atoms with van der Waals surface area (Å²) in [5.41, 5.74) is 1.71. The molecule has 1 aromatic rings. The summed E-state index contributed by atoms with van der Waals surface area (Å²) in [5.74, 6) is -1.10. The van der Waals surface area contributed by atoms with Crippen molar-refractivity contribution in [3.8, 4) is 5.75 Å². The minimum atomic E-state index is -0.905. The molecule has 1 unspecified atom stereocenters. The van der Waals surface area contributed by atoms with Crippen LogP contribution in [-0.4, -0.2) is 31.1 Å². The fraction of sp³-hybridized carbons (Fsp3) is 0.385. The maximum Gasteiger partial charge on any atom is 0.311 e. The van der Waals surface area contributed by atoms with Crippen molar-refractivity contribution in [2.75, 3.05) is 19.0 Å². The van der Waals surface area contributed by atoms with Gasteiger partial charge in [0.15, 0.2) is 0 Å². The summed E-state index contributed by atoms with van der Waals surface area (Å²) in [7, 11) is 3.78. The third-order valence-electron chi connectivity index (χ3n) is 3.01. The summed E-state index contributed by atoms with van der Waals surface area (Å²) in [6.45, 7) is 0. The smallest absolute Gasteiger partial charge is 0.311 e. The normalized spacial score (nSPS) is 17.9. The maximum atomic E-state index is 11.5. The Kier molecular flexibility index (Phi) is 3.23. The molecule has 0 aliphatic carbocycles. The van der Waals surface area contributed by atoms with E-state index in [4.69, 9.17) is 9.84 Å². The number of hydrogen-bond donors (Lipinski definition) is 1. The van der Waals surface area contributed by atoms with Gasteiger partial charge in [-0.1, -0.05) is 6.07 Å². The van der Waals surface area contributed by atoms with Crippen molar-refractivity contribution in [2.45, 2.75) is 18.8 Å². The number of esters is 1. The SMILES string of the molecule is CN(C)c1ccc2c(c1)OC(=O)CC2CC(=O)O. The van der Waals surface area contributed by atoms with E-state index in [1.807, 2.05) is 31.1 Å². The van der Waals surface area contributed by atoms with E-state index in [1.165, 1.54) is 0 Å². The molecule has 0 saturated carbocycles. The van der Waals surface area contributed by atoms with E-state index >= 15 is 0 Å². The topological polar surface area (TPSA) is 66.8 Å². The molecule has 1 atom stereocenters. The minimum Gasteiger partial charge on any atom is -0.481 e. The van der Waals surface area contributed by atoms with Crippen LogP contribution in [0.25, 0.3) is 0 Å². The van der Waals surface area contributed by atoms with E-state index in [1.54, 1.807) is 6.07 Å². The molecule has 5 heteroatoms. The average molecular weight is 249 g/mol. The summed E-state index contributed by atoms with van der Waals surface area (Å²) in [6, 6.07) is 5.50. The Morgan fingerprint density at radius 2 is 2.22 bits per heavy atom. The number of carbonyl (C=O) groups is 2. The lowest BCUT2D eigenvalue weighted by atomic mass is 9.90. The van der Waals surface area contributed by atoms with Crippen LogP contribution in [0.4, 0.5) is 5.69 Å². The molecule has 1 N–H and O–H groups in total. The number of carbonyl (C=O) groups excluding carboxylic acids is 1. The highest BCUT2D eigenvalue weighted by molar-refractivity contribution is 5.79. The Morgan fingerprint density at radius 1 is 1.50 bits per heavy atom. The average Bonchev–Trinajstić information content (AvgIpc) is 2.26. The van der Waals surface area contributed by atoms with Crippen molar-refractivity contribution in [1.82, 2.24) is 0 Å². The lowest BCUT2D eigenvalue weighted by Gasteiger charge is -2.25. The zero-order valence-electron chi connectivity index (χ0n) is 10.3. The summed E-state index contributed by atoms with van der Waals surface area (Å²) in [4.78, 5) is 24.2. The van der Waals surface area contributed by atoms with Gasteiger partial charge in [-0.25, -0.2) is 0 Å². The zero-order valence-corrected chi connectivity index (χ0v) is 10.3. The predicted octanol–water partition coefficient (Wildman–Crippen LogP) is 1.62. The summed E-state index contributed by atoms with van der Waals surface area (Å²) < 4.78 is 5.18. The second-order valence-electron chi connectivity index (χ2n) is 4.59. The first-order valence-corrected chi connectivity index (χ1v) is 5.71. The van der Waals surface area contributed by atoms with Crippen molar-refractivity contribution in [2.24, 2.45) is 0 Å². The van der Waals surface area contributed by atoms with E-state index in [2.05, 4.69) is 0 Å². The van der Waals surface area contributed by atoms with Gasteiger partial charge in [0.25, 0.3) is 0 Å². The van der Waals surface area contributed by atoms with Gasteiger partial charge in [-0.2, -0.15) is 0 Å². The van der Waals surface area contributed by atoms with Crippen LogP contribution in [0.3, 0.4) is 0 Å². The van der Waals surface area contributed by atoms with E-state index in [9.17, 15) is 9.59 Å². The van der Waals surface area contributed by atoms with Crippen LogP contribution >= 0.6 is 0 Å². The number of fused-ring (bicyclic) bond motifs is 1. The van der Waals surface area contributed by atoms with Gasteiger partial charge in [0.2, 0.25) is 0 Å². The highest BCUT2D eigenvalue weighted by atomic mass is 16.5. The lowest BCUT2D eigenvalue weighted by molar-refractivity contribution is -0.139. The number of carboxylic acid groups (broad SMARTS) is 1. The molecular formula is C13H15NO4.